The molecule has 6 heteroatoms. The Morgan fingerprint density at radius 1 is 1.19 bits per heavy atom. The van der Waals surface area contributed by atoms with Gasteiger partial charge in [-0.1, -0.05) is 32.0 Å². The van der Waals surface area contributed by atoms with Crippen molar-refractivity contribution in [1.82, 2.24) is 0 Å². The van der Waals surface area contributed by atoms with Crippen molar-refractivity contribution in [2.45, 2.75) is 32.9 Å². The van der Waals surface area contributed by atoms with Gasteiger partial charge in [0.2, 0.25) is 0 Å². The summed E-state index contributed by atoms with van der Waals surface area (Å²) >= 11 is 0. The van der Waals surface area contributed by atoms with E-state index in [0.29, 0.717) is 22.8 Å². The van der Waals surface area contributed by atoms with Crippen LogP contribution in [0.1, 0.15) is 25.8 Å². The van der Waals surface area contributed by atoms with Gasteiger partial charge in [0.25, 0.3) is 0 Å². The van der Waals surface area contributed by atoms with Gasteiger partial charge < -0.3 is 24.7 Å². The van der Waals surface area contributed by atoms with Crippen LogP contribution < -0.4 is 16.0 Å². The Morgan fingerprint density at radius 2 is 1.88 bits per heavy atom. The summed E-state index contributed by atoms with van der Waals surface area (Å²) in [5.41, 5.74) is 0.199. The molecular weight excluding hydrogens is 334 g/mol. The minimum Gasteiger partial charge on any atom is -0.544 e. The minimum absolute atomic E-state index is 0.0339. The number of nitrogens with two attached hydrogens (primary N) is 1. The van der Waals surface area contributed by atoms with E-state index in [1.165, 1.54) is 6.07 Å². The highest BCUT2D eigenvalue weighted by atomic mass is 16.4. The zero-order valence-electron chi connectivity index (χ0n) is 14.7. The first-order valence-corrected chi connectivity index (χ1v) is 8.64. The fourth-order valence-electron chi connectivity index (χ4n) is 3.25. The maximum atomic E-state index is 12.3. The van der Waals surface area contributed by atoms with Gasteiger partial charge in [-0.3, -0.25) is 0 Å². The van der Waals surface area contributed by atoms with Gasteiger partial charge in [-0.2, -0.15) is 0 Å². The second kappa shape index (κ2) is 7.17. The van der Waals surface area contributed by atoms with E-state index in [1.807, 2.05) is 26.0 Å². The highest BCUT2D eigenvalue weighted by molar-refractivity contribution is 6.05. The number of carboxylic acid groups (broad SMARTS) is 1. The van der Waals surface area contributed by atoms with Crippen molar-refractivity contribution < 1.29 is 24.7 Å². The molecule has 0 saturated heterocycles. The quantitative estimate of drug-likeness (QED) is 0.504. The van der Waals surface area contributed by atoms with Crippen LogP contribution in [0.15, 0.2) is 45.6 Å². The smallest absolute Gasteiger partial charge is 0.344 e. The van der Waals surface area contributed by atoms with Crippen LogP contribution in [0.5, 0.6) is 5.75 Å². The number of quaternary nitrogens is 1. The van der Waals surface area contributed by atoms with Crippen LogP contribution in [-0.2, 0) is 11.3 Å². The van der Waals surface area contributed by atoms with E-state index in [9.17, 15) is 19.8 Å². The Hall–Kier alpha value is -2.86. The number of carboxylic acids is 1. The monoisotopic (exact) mass is 355 g/mol. The number of carbonyl (C=O) groups is 1. The lowest BCUT2D eigenvalue weighted by molar-refractivity contribution is -0.704. The molecule has 6 nitrogen and oxygen atoms in total. The molecule has 0 amide bonds. The number of phenols is 1. The van der Waals surface area contributed by atoms with Crippen molar-refractivity contribution in [3.63, 3.8) is 0 Å². The van der Waals surface area contributed by atoms with Crippen LogP contribution in [-0.4, -0.2) is 17.1 Å². The van der Waals surface area contributed by atoms with E-state index in [-0.39, 0.29) is 23.8 Å². The third-order valence-corrected chi connectivity index (χ3v) is 4.97. The van der Waals surface area contributed by atoms with Crippen LogP contribution in [0.2, 0.25) is 0 Å². The van der Waals surface area contributed by atoms with Crippen molar-refractivity contribution in [2.75, 3.05) is 0 Å². The molecule has 0 saturated carbocycles. The van der Waals surface area contributed by atoms with Crippen LogP contribution in [0.25, 0.3) is 21.7 Å². The molecule has 2 aromatic carbocycles. The largest absolute Gasteiger partial charge is 0.544 e. The SMILES string of the molecule is CC[C@H](C)[C@H]([NH2+]Cc1c(O)ccc2c1oc(=O)c1ccccc12)C(=O)[O-]. The van der Waals surface area contributed by atoms with E-state index in [0.717, 1.165) is 5.39 Å². The second-order valence-electron chi connectivity index (χ2n) is 6.55. The predicted molar refractivity (Wildman–Crippen MR) is 95.5 cm³/mol. The zero-order valence-corrected chi connectivity index (χ0v) is 14.7. The Labute approximate surface area is 150 Å². The molecule has 3 aromatic rings. The maximum absolute atomic E-state index is 12.3. The number of rotatable bonds is 6. The standard InChI is InChI=1S/C20H21NO5/c1-3-11(2)17(19(23)24)21-10-15-16(22)9-8-13-12-6-4-5-7-14(12)20(25)26-18(13)15/h4-9,11,17,21-22H,3,10H2,1-2H3,(H,23,24)/t11-,17-/m0/s1. The summed E-state index contributed by atoms with van der Waals surface area (Å²) in [6.45, 7) is 3.91. The van der Waals surface area contributed by atoms with Gasteiger partial charge in [0.05, 0.1) is 16.9 Å². The molecular formula is C20H21NO5. The van der Waals surface area contributed by atoms with Crippen LogP contribution in [0.4, 0.5) is 0 Å². The normalized spacial score (nSPS) is 13.8. The predicted octanol–water partition coefficient (Wildman–Crippen LogP) is 0.880. The van der Waals surface area contributed by atoms with E-state index < -0.39 is 17.6 Å². The summed E-state index contributed by atoms with van der Waals surface area (Å²) in [7, 11) is 0. The Bertz CT molecular complexity index is 1020. The lowest BCUT2D eigenvalue weighted by Gasteiger charge is -2.22. The van der Waals surface area contributed by atoms with Crippen LogP contribution in [0, 0.1) is 5.92 Å². The first-order chi connectivity index (χ1) is 12.4. The summed E-state index contributed by atoms with van der Waals surface area (Å²) in [4.78, 5) is 23.7. The highest BCUT2D eigenvalue weighted by Gasteiger charge is 2.22. The van der Waals surface area contributed by atoms with Gasteiger partial charge in [-0.05, 0) is 30.0 Å². The molecule has 26 heavy (non-hydrogen) atoms. The Morgan fingerprint density at radius 3 is 2.54 bits per heavy atom. The number of fused-ring (bicyclic) bond motifs is 3. The summed E-state index contributed by atoms with van der Waals surface area (Å²) in [6.07, 6.45) is 0.691. The maximum Gasteiger partial charge on any atom is 0.344 e. The van der Waals surface area contributed by atoms with E-state index in [2.05, 4.69) is 0 Å². The van der Waals surface area contributed by atoms with Gasteiger partial charge in [-0.15, -0.1) is 0 Å². The Kier molecular flexibility index (Phi) is 4.95. The topological polar surface area (TPSA) is 107 Å². The average Bonchev–Trinajstić information content (AvgIpc) is 2.63. The molecule has 0 unspecified atom stereocenters. The van der Waals surface area contributed by atoms with E-state index >= 15 is 0 Å². The number of hydrogen-bond acceptors (Lipinski definition) is 5. The molecule has 1 heterocycles. The molecule has 2 atom stereocenters. The number of hydrogen-bond donors (Lipinski definition) is 2. The minimum atomic E-state index is -1.15. The molecule has 0 bridgehead atoms. The fraction of sp³-hybridized carbons (Fsp3) is 0.300. The van der Waals surface area contributed by atoms with Gasteiger partial charge in [0, 0.05) is 11.3 Å². The summed E-state index contributed by atoms with van der Waals surface area (Å²) in [5, 5.41) is 25.2. The number of aliphatic carboxylic acids is 1. The van der Waals surface area contributed by atoms with Crippen molar-refractivity contribution in [2.24, 2.45) is 5.92 Å². The van der Waals surface area contributed by atoms with Crippen molar-refractivity contribution in [3.8, 4) is 5.75 Å². The lowest BCUT2D eigenvalue weighted by Crippen LogP contribution is -2.93. The number of aromatic hydroxyl groups is 1. The number of phenolic OH excluding ortho intramolecular Hbond substituents is 1. The third-order valence-electron chi connectivity index (χ3n) is 4.97. The molecule has 1 aromatic heterocycles. The number of carbonyl (C=O) groups excluding carboxylic acids is 1. The van der Waals surface area contributed by atoms with Gasteiger partial charge in [0.1, 0.15) is 18.3 Å². The third kappa shape index (κ3) is 3.15. The highest BCUT2D eigenvalue weighted by Crippen LogP contribution is 2.30. The lowest BCUT2D eigenvalue weighted by atomic mass is 9.98. The summed E-state index contributed by atoms with van der Waals surface area (Å²) in [5.74, 6) is -1.27. The molecule has 136 valence electrons. The zero-order chi connectivity index (χ0) is 18.8. The number of benzene rings is 2. The van der Waals surface area contributed by atoms with E-state index in [4.69, 9.17) is 4.42 Å². The molecule has 0 aliphatic carbocycles. The van der Waals surface area contributed by atoms with Crippen molar-refractivity contribution in [1.29, 1.82) is 0 Å². The van der Waals surface area contributed by atoms with Crippen LogP contribution in [0.3, 0.4) is 0 Å². The molecule has 0 aliphatic rings. The molecule has 3 rings (SSSR count). The van der Waals surface area contributed by atoms with Gasteiger partial charge in [-0.25, -0.2) is 4.79 Å². The fourth-order valence-corrected chi connectivity index (χ4v) is 3.25. The van der Waals surface area contributed by atoms with Gasteiger partial charge >= 0.3 is 5.63 Å². The molecule has 0 fully saturated rings. The molecule has 0 aliphatic heterocycles. The first-order valence-electron chi connectivity index (χ1n) is 8.64. The summed E-state index contributed by atoms with van der Waals surface area (Å²) in [6, 6.07) is 9.59. The van der Waals surface area contributed by atoms with E-state index in [1.54, 1.807) is 23.5 Å². The second-order valence-corrected chi connectivity index (χ2v) is 6.55. The Balaban J connectivity index is 2.10. The molecule has 0 spiro atoms. The van der Waals surface area contributed by atoms with Crippen molar-refractivity contribution >= 4 is 27.7 Å². The van der Waals surface area contributed by atoms with Crippen molar-refractivity contribution in [3.05, 3.63) is 52.4 Å². The summed E-state index contributed by atoms with van der Waals surface area (Å²) < 4.78 is 5.47. The molecule has 0 radical (unpaired) electrons. The van der Waals surface area contributed by atoms with Gasteiger partial charge in [0.15, 0.2) is 5.58 Å². The average molecular weight is 355 g/mol. The first kappa shape index (κ1) is 17.9. The van der Waals surface area contributed by atoms with Crippen LogP contribution >= 0.6 is 0 Å². The molecule has 3 N–H and O–H groups in total.